The monoisotopic (exact) mass is 385 g/mol. The molecule has 1 aromatic carbocycles. The molecule has 3 rings (SSSR count). The molecule has 27 heavy (non-hydrogen) atoms. The Labute approximate surface area is 162 Å². The van der Waals surface area contributed by atoms with Crippen molar-refractivity contribution in [3.8, 4) is 5.75 Å². The zero-order valence-corrected chi connectivity index (χ0v) is 16.3. The number of benzene rings is 1. The third-order valence-electron chi connectivity index (χ3n) is 4.73. The molecule has 1 aromatic heterocycles. The van der Waals surface area contributed by atoms with Crippen LogP contribution < -0.4 is 4.74 Å². The number of Topliss-reactive ketones (excluding diaryl/α,β-unsaturated/α-hetero) is 1. The first-order valence-electron chi connectivity index (χ1n) is 9.04. The SMILES string of the molecule is CCCCCN1C(=O)C(O)=C(C(=O)c2cccs2)C1c1ccc(OC)cc1. The van der Waals surface area contributed by atoms with Gasteiger partial charge in [0.1, 0.15) is 5.75 Å². The summed E-state index contributed by atoms with van der Waals surface area (Å²) in [4.78, 5) is 27.9. The summed E-state index contributed by atoms with van der Waals surface area (Å²) in [5.74, 6) is -0.521. The van der Waals surface area contributed by atoms with Gasteiger partial charge in [0.25, 0.3) is 5.91 Å². The van der Waals surface area contributed by atoms with Crippen LogP contribution in [-0.2, 0) is 4.79 Å². The van der Waals surface area contributed by atoms with Crippen LogP contribution in [0.25, 0.3) is 0 Å². The van der Waals surface area contributed by atoms with E-state index in [9.17, 15) is 14.7 Å². The third kappa shape index (κ3) is 3.76. The van der Waals surface area contributed by atoms with Gasteiger partial charge in [0.15, 0.2) is 5.76 Å². The van der Waals surface area contributed by atoms with Gasteiger partial charge in [-0.15, -0.1) is 11.3 Å². The molecule has 0 fully saturated rings. The molecule has 1 unspecified atom stereocenters. The molecular formula is C21H23NO4S. The summed E-state index contributed by atoms with van der Waals surface area (Å²) >= 11 is 1.30. The van der Waals surface area contributed by atoms with Gasteiger partial charge >= 0.3 is 0 Å². The molecule has 0 saturated heterocycles. The van der Waals surface area contributed by atoms with Crippen molar-refractivity contribution in [2.45, 2.75) is 32.2 Å². The van der Waals surface area contributed by atoms with Gasteiger partial charge in [-0.1, -0.05) is 38.0 Å². The average molecular weight is 385 g/mol. The van der Waals surface area contributed by atoms with Crippen LogP contribution in [0.1, 0.15) is 47.5 Å². The molecule has 0 aliphatic carbocycles. The topological polar surface area (TPSA) is 66.8 Å². The number of ketones is 1. The van der Waals surface area contributed by atoms with Crippen molar-refractivity contribution in [2.24, 2.45) is 0 Å². The maximum Gasteiger partial charge on any atom is 0.290 e. The van der Waals surface area contributed by atoms with Crippen molar-refractivity contribution in [1.82, 2.24) is 4.90 Å². The summed E-state index contributed by atoms with van der Waals surface area (Å²) < 4.78 is 5.21. The molecule has 1 amide bonds. The number of carbonyl (C=O) groups is 2. The van der Waals surface area contributed by atoms with E-state index in [-0.39, 0.29) is 11.4 Å². The normalized spacial score (nSPS) is 16.9. The summed E-state index contributed by atoms with van der Waals surface area (Å²) in [5, 5.41) is 12.3. The largest absolute Gasteiger partial charge is 0.503 e. The van der Waals surface area contributed by atoms with E-state index in [2.05, 4.69) is 6.92 Å². The Morgan fingerprint density at radius 1 is 1.22 bits per heavy atom. The maximum atomic E-state index is 13.0. The fourth-order valence-electron chi connectivity index (χ4n) is 3.32. The number of rotatable bonds is 8. The molecule has 1 aliphatic rings. The Morgan fingerprint density at radius 2 is 1.96 bits per heavy atom. The van der Waals surface area contributed by atoms with E-state index in [1.165, 1.54) is 11.3 Å². The van der Waals surface area contributed by atoms with Crippen LogP contribution in [0.15, 0.2) is 53.1 Å². The second kappa shape index (κ2) is 8.39. The summed E-state index contributed by atoms with van der Waals surface area (Å²) in [7, 11) is 1.59. The Kier molecular flexibility index (Phi) is 5.96. The summed E-state index contributed by atoms with van der Waals surface area (Å²) in [5.41, 5.74) is 0.939. The van der Waals surface area contributed by atoms with Gasteiger partial charge in [0.05, 0.1) is 23.6 Å². The van der Waals surface area contributed by atoms with Crippen LogP contribution in [0.5, 0.6) is 5.75 Å². The van der Waals surface area contributed by atoms with Gasteiger partial charge in [-0.3, -0.25) is 9.59 Å². The lowest BCUT2D eigenvalue weighted by molar-refractivity contribution is -0.129. The number of carbonyl (C=O) groups excluding carboxylic acids is 2. The highest BCUT2D eigenvalue weighted by molar-refractivity contribution is 7.12. The summed E-state index contributed by atoms with van der Waals surface area (Å²) in [6.07, 6.45) is 2.83. The van der Waals surface area contributed by atoms with Crippen LogP contribution in [0.2, 0.25) is 0 Å². The van der Waals surface area contributed by atoms with Gasteiger partial charge in [-0.05, 0) is 35.6 Å². The van der Waals surface area contributed by atoms with E-state index in [0.29, 0.717) is 17.2 Å². The van der Waals surface area contributed by atoms with Gasteiger partial charge < -0.3 is 14.7 Å². The second-order valence-corrected chi connectivity index (χ2v) is 7.40. The molecule has 1 aliphatic heterocycles. The number of aliphatic hydroxyl groups is 1. The molecule has 6 heteroatoms. The number of hydrogen-bond acceptors (Lipinski definition) is 5. The van der Waals surface area contributed by atoms with E-state index in [4.69, 9.17) is 4.74 Å². The lowest BCUT2D eigenvalue weighted by atomic mass is 9.95. The van der Waals surface area contributed by atoms with Crippen LogP contribution in [0, 0.1) is 0 Å². The van der Waals surface area contributed by atoms with Crippen molar-refractivity contribution < 1.29 is 19.4 Å². The lowest BCUT2D eigenvalue weighted by Gasteiger charge is -2.27. The maximum absolute atomic E-state index is 13.0. The molecule has 1 atom stereocenters. The van der Waals surface area contributed by atoms with Gasteiger partial charge in [-0.25, -0.2) is 0 Å². The molecule has 0 spiro atoms. The minimum absolute atomic E-state index is 0.157. The zero-order valence-electron chi connectivity index (χ0n) is 15.5. The number of methoxy groups -OCH3 is 1. The van der Waals surface area contributed by atoms with E-state index in [1.807, 2.05) is 17.5 Å². The highest BCUT2D eigenvalue weighted by atomic mass is 32.1. The first-order chi connectivity index (χ1) is 13.1. The Morgan fingerprint density at radius 3 is 2.56 bits per heavy atom. The molecule has 142 valence electrons. The fraction of sp³-hybridized carbons (Fsp3) is 0.333. The molecule has 1 N–H and O–H groups in total. The number of thiophene rings is 1. The smallest absolute Gasteiger partial charge is 0.290 e. The first-order valence-corrected chi connectivity index (χ1v) is 9.92. The van der Waals surface area contributed by atoms with Crippen molar-refractivity contribution in [2.75, 3.05) is 13.7 Å². The molecule has 5 nitrogen and oxygen atoms in total. The minimum atomic E-state index is -0.588. The van der Waals surface area contributed by atoms with E-state index in [0.717, 1.165) is 24.8 Å². The van der Waals surface area contributed by atoms with Crippen molar-refractivity contribution in [3.63, 3.8) is 0 Å². The number of amides is 1. The molecular weight excluding hydrogens is 362 g/mol. The van der Waals surface area contributed by atoms with Crippen LogP contribution in [-0.4, -0.2) is 35.4 Å². The van der Waals surface area contributed by atoms with E-state index < -0.39 is 17.7 Å². The third-order valence-corrected chi connectivity index (χ3v) is 5.60. The second-order valence-electron chi connectivity index (χ2n) is 6.45. The lowest BCUT2D eigenvalue weighted by Crippen LogP contribution is -2.32. The number of aliphatic hydroxyl groups excluding tert-OH is 1. The van der Waals surface area contributed by atoms with Gasteiger partial charge in [0.2, 0.25) is 5.78 Å². The fourth-order valence-corrected chi connectivity index (χ4v) is 4.00. The quantitative estimate of drug-likeness (QED) is 0.536. The zero-order chi connectivity index (χ0) is 19.4. The van der Waals surface area contributed by atoms with Gasteiger partial charge in [0, 0.05) is 6.54 Å². The highest BCUT2D eigenvalue weighted by Crippen LogP contribution is 2.40. The number of hydrogen-bond donors (Lipinski definition) is 1. The standard InChI is InChI=1S/C21H23NO4S/c1-3-4-5-12-22-18(14-8-10-15(26-2)11-9-14)17(20(24)21(22)25)19(23)16-7-6-13-27-16/h6-11,13,18,24H,3-5,12H2,1-2H3. The number of unbranched alkanes of at least 4 members (excludes halogenated alkanes) is 2. The Bertz CT molecular complexity index is 840. The average Bonchev–Trinajstić information content (AvgIpc) is 3.31. The van der Waals surface area contributed by atoms with E-state index in [1.54, 1.807) is 36.3 Å². The number of nitrogens with zero attached hydrogens (tertiary/aromatic N) is 1. The molecule has 0 saturated carbocycles. The van der Waals surface area contributed by atoms with Crippen molar-refractivity contribution in [1.29, 1.82) is 0 Å². The summed E-state index contributed by atoms with van der Waals surface area (Å²) in [6, 6.07) is 10.2. The predicted octanol–water partition coefficient (Wildman–Crippen LogP) is 4.53. The van der Waals surface area contributed by atoms with Crippen LogP contribution >= 0.6 is 11.3 Å². The van der Waals surface area contributed by atoms with Crippen molar-refractivity contribution >= 4 is 23.0 Å². The number of ether oxygens (including phenoxy) is 1. The minimum Gasteiger partial charge on any atom is -0.503 e. The van der Waals surface area contributed by atoms with Crippen molar-refractivity contribution in [3.05, 3.63) is 63.6 Å². The molecule has 0 bridgehead atoms. The molecule has 2 heterocycles. The van der Waals surface area contributed by atoms with Crippen LogP contribution in [0.4, 0.5) is 0 Å². The first kappa shape index (κ1) is 19.2. The highest BCUT2D eigenvalue weighted by Gasteiger charge is 2.43. The Balaban J connectivity index is 2.01. The summed E-state index contributed by atoms with van der Waals surface area (Å²) in [6.45, 7) is 2.59. The van der Waals surface area contributed by atoms with Gasteiger partial charge in [-0.2, -0.15) is 0 Å². The van der Waals surface area contributed by atoms with Crippen LogP contribution in [0.3, 0.4) is 0 Å². The molecule has 0 radical (unpaired) electrons. The predicted molar refractivity (Wildman–Crippen MR) is 105 cm³/mol. The Hall–Kier alpha value is -2.60. The molecule has 2 aromatic rings. The van der Waals surface area contributed by atoms with E-state index >= 15 is 0 Å².